The van der Waals surface area contributed by atoms with Crippen LogP contribution in [0.5, 0.6) is 0 Å². The van der Waals surface area contributed by atoms with E-state index in [1.165, 1.54) is 24.0 Å². The van der Waals surface area contributed by atoms with E-state index in [1.807, 2.05) is 18.3 Å². The Morgan fingerprint density at radius 2 is 1.54 bits per heavy atom. The van der Waals surface area contributed by atoms with Gasteiger partial charge in [-0.15, -0.1) is 34.9 Å². The summed E-state index contributed by atoms with van der Waals surface area (Å²) in [6.07, 6.45) is 4.25. The van der Waals surface area contributed by atoms with Crippen LogP contribution in [0.3, 0.4) is 0 Å². The van der Waals surface area contributed by atoms with Gasteiger partial charge in [-0.25, -0.2) is 0 Å². The Balaban J connectivity index is 0.00000208. The predicted molar refractivity (Wildman–Crippen MR) is 97.6 cm³/mol. The molecule has 0 saturated carbocycles. The number of nitrogens with zero attached hydrogens (tertiary/aromatic N) is 1. The third kappa shape index (κ3) is 3.65. The summed E-state index contributed by atoms with van der Waals surface area (Å²) in [6, 6.07) is 14.1. The molecule has 0 N–H and O–H groups in total. The van der Waals surface area contributed by atoms with E-state index in [1.54, 1.807) is 0 Å². The van der Waals surface area contributed by atoms with Gasteiger partial charge in [0.2, 0.25) is 0 Å². The van der Waals surface area contributed by atoms with Crippen LogP contribution in [0.2, 0.25) is 0 Å². The van der Waals surface area contributed by atoms with Gasteiger partial charge in [0.25, 0.3) is 0 Å². The number of hydrogen-bond acceptors (Lipinski definition) is 1. The largest absolute Gasteiger partial charge is 0.305 e. The average Bonchev–Trinajstić information content (AvgIpc) is 2.50. The van der Waals surface area contributed by atoms with Gasteiger partial charge in [0.15, 0.2) is 0 Å². The number of aromatic nitrogens is 1. The van der Waals surface area contributed by atoms with E-state index in [-0.39, 0.29) is 30.9 Å². The Labute approximate surface area is 160 Å². The first kappa shape index (κ1) is 19.3. The third-order valence-electron chi connectivity index (χ3n) is 5.19. The van der Waals surface area contributed by atoms with Gasteiger partial charge in [-0.05, 0) is 40.8 Å². The van der Waals surface area contributed by atoms with Crippen LogP contribution in [0.1, 0.15) is 65.5 Å². The molecule has 2 heteroatoms. The first-order chi connectivity index (χ1) is 10.6. The monoisotopic (exact) mass is 499 g/mol. The second-order valence-corrected chi connectivity index (χ2v) is 9.17. The molecule has 1 radical (unpaired) electrons. The minimum absolute atomic E-state index is 0. The molecule has 3 rings (SSSR count). The van der Waals surface area contributed by atoms with Crippen molar-refractivity contribution in [2.75, 3.05) is 0 Å². The minimum atomic E-state index is 0. The van der Waals surface area contributed by atoms with Crippen LogP contribution in [0.4, 0.5) is 0 Å². The molecule has 24 heavy (non-hydrogen) atoms. The van der Waals surface area contributed by atoms with E-state index in [0.717, 1.165) is 11.3 Å². The summed E-state index contributed by atoms with van der Waals surface area (Å²) in [6.45, 7) is 14.3. The Morgan fingerprint density at radius 1 is 0.917 bits per heavy atom. The van der Waals surface area contributed by atoms with Crippen molar-refractivity contribution in [3.63, 3.8) is 0 Å². The second-order valence-electron chi connectivity index (χ2n) is 9.17. The topological polar surface area (TPSA) is 12.9 Å². The fourth-order valence-electron chi connectivity index (χ4n) is 4.93. The minimum Gasteiger partial charge on any atom is -0.305 e. The molecule has 0 spiro atoms. The molecule has 0 bridgehead atoms. The van der Waals surface area contributed by atoms with Gasteiger partial charge in [-0.3, -0.25) is 0 Å². The first-order valence-corrected chi connectivity index (χ1v) is 8.59. The molecule has 2 aromatic rings. The van der Waals surface area contributed by atoms with Crippen LogP contribution in [0.15, 0.2) is 36.5 Å². The predicted octanol–water partition coefficient (Wildman–Crippen LogP) is 5.92. The summed E-state index contributed by atoms with van der Waals surface area (Å²) in [5, 5.41) is 0. The summed E-state index contributed by atoms with van der Waals surface area (Å²) < 4.78 is 0. The first-order valence-electron chi connectivity index (χ1n) is 8.59. The van der Waals surface area contributed by atoms with Gasteiger partial charge in [0.1, 0.15) is 0 Å². The smallest absolute Gasteiger partial charge is 0.0160 e. The molecule has 1 heterocycles. The molecule has 1 aromatic carbocycles. The van der Waals surface area contributed by atoms with Crippen molar-refractivity contribution in [3.8, 4) is 11.3 Å². The molecular weight excluding hydrogens is 470 g/mol. The molecule has 0 aliphatic heterocycles. The maximum atomic E-state index is 4.50. The summed E-state index contributed by atoms with van der Waals surface area (Å²) in [7, 11) is 0. The Bertz CT molecular complexity index is 714. The van der Waals surface area contributed by atoms with Crippen LogP contribution in [-0.4, -0.2) is 4.98 Å². The van der Waals surface area contributed by atoms with Crippen LogP contribution < -0.4 is 0 Å². The molecule has 1 aromatic heterocycles. The van der Waals surface area contributed by atoms with Crippen molar-refractivity contribution in [2.45, 2.75) is 65.2 Å². The van der Waals surface area contributed by atoms with Gasteiger partial charge in [-0.1, -0.05) is 53.7 Å². The normalized spacial score (nSPS) is 20.4. The SMILES string of the molecule is CC1(C)CC(C)(C)c2c[c-]c(-c3ccccn3)cc2C(C)(C)C1.[Ir]. The van der Waals surface area contributed by atoms with Gasteiger partial charge >= 0.3 is 0 Å². The number of rotatable bonds is 1. The third-order valence-corrected chi connectivity index (χ3v) is 5.19. The number of fused-ring (bicyclic) bond motifs is 1. The van der Waals surface area contributed by atoms with Crippen molar-refractivity contribution >= 4 is 0 Å². The zero-order valence-corrected chi connectivity index (χ0v) is 18.1. The van der Waals surface area contributed by atoms with Crippen LogP contribution >= 0.6 is 0 Å². The number of hydrogen-bond donors (Lipinski definition) is 0. The Hall–Kier alpha value is -0.981. The number of benzene rings is 1. The molecule has 1 nitrogen and oxygen atoms in total. The summed E-state index contributed by atoms with van der Waals surface area (Å²) in [5.41, 5.74) is 5.69. The Kier molecular flexibility index (Phi) is 5.15. The molecule has 0 amide bonds. The molecular formula is C22H28IrN-. The van der Waals surface area contributed by atoms with E-state index in [4.69, 9.17) is 0 Å². The fraction of sp³-hybridized carbons (Fsp3) is 0.500. The van der Waals surface area contributed by atoms with Crippen LogP contribution in [0, 0.1) is 11.5 Å². The maximum absolute atomic E-state index is 4.50. The summed E-state index contributed by atoms with van der Waals surface area (Å²) in [5.74, 6) is 0. The van der Waals surface area contributed by atoms with E-state index >= 15 is 0 Å². The molecule has 0 atom stereocenters. The van der Waals surface area contributed by atoms with Gasteiger partial charge in [-0.2, -0.15) is 0 Å². The van der Waals surface area contributed by atoms with E-state index in [9.17, 15) is 0 Å². The maximum Gasteiger partial charge on any atom is 0.0160 e. The number of pyridine rings is 1. The van der Waals surface area contributed by atoms with Crippen molar-refractivity contribution in [3.05, 3.63) is 53.7 Å². The molecule has 131 valence electrons. The zero-order valence-electron chi connectivity index (χ0n) is 15.7. The fourth-order valence-corrected chi connectivity index (χ4v) is 4.93. The average molecular weight is 499 g/mol. The summed E-state index contributed by atoms with van der Waals surface area (Å²) in [4.78, 5) is 4.50. The standard InChI is InChI=1S/C22H28N.Ir/c1-20(2)14-21(3,4)17-11-10-16(19-9-7-8-12-23-19)13-18(17)22(5,6)15-20;/h7-9,11-13H,14-15H2,1-6H3;/q-1;. The van der Waals surface area contributed by atoms with E-state index in [2.05, 4.69) is 70.8 Å². The van der Waals surface area contributed by atoms with Crippen molar-refractivity contribution in [2.24, 2.45) is 5.41 Å². The molecule has 0 fully saturated rings. The van der Waals surface area contributed by atoms with Gasteiger partial charge < -0.3 is 4.98 Å². The second kappa shape index (κ2) is 6.39. The van der Waals surface area contributed by atoms with Crippen molar-refractivity contribution < 1.29 is 20.1 Å². The quantitative estimate of drug-likeness (QED) is 0.351. The molecule has 1 aliphatic rings. The van der Waals surface area contributed by atoms with E-state index in [0.29, 0.717) is 5.41 Å². The summed E-state index contributed by atoms with van der Waals surface area (Å²) >= 11 is 0. The van der Waals surface area contributed by atoms with Crippen molar-refractivity contribution in [1.29, 1.82) is 0 Å². The molecule has 0 saturated heterocycles. The molecule has 1 aliphatic carbocycles. The molecule has 0 unspecified atom stereocenters. The van der Waals surface area contributed by atoms with Gasteiger partial charge in [0.05, 0.1) is 0 Å². The van der Waals surface area contributed by atoms with Crippen LogP contribution in [0.25, 0.3) is 11.3 Å². The van der Waals surface area contributed by atoms with E-state index < -0.39 is 0 Å². The zero-order chi connectivity index (χ0) is 16.9. The van der Waals surface area contributed by atoms with Crippen LogP contribution in [-0.2, 0) is 30.9 Å². The van der Waals surface area contributed by atoms with Gasteiger partial charge in [0, 0.05) is 26.3 Å². The Morgan fingerprint density at radius 3 is 2.12 bits per heavy atom. The van der Waals surface area contributed by atoms with Crippen molar-refractivity contribution in [1.82, 2.24) is 4.98 Å².